The Balaban J connectivity index is 1.75. The van der Waals surface area contributed by atoms with E-state index in [-0.39, 0.29) is 0 Å². The molecule has 0 spiro atoms. The zero-order chi connectivity index (χ0) is 13.8. The van der Waals surface area contributed by atoms with E-state index in [4.69, 9.17) is 0 Å². The van der Waals surface area contributed by atoms with E-state index in [2.05, 4.69) is 46.4 Å². The number of hydrogen-bond donors (Lipinski definition) is 1. The average molecular weight is 281 g/mol. The van der Waals surface area contributed by atoms with Gasteiger partial charge in [0.15, 0.2) is 5.82 Å². The van der Waals surface area contributed by atoms with Gasteiger partial charge in [-0.1, -0.05) is 72.4 Å². The molecule has 0 aliphatic heterocycles. The van der Waals surface area contributed by atoms with Crippen LogP contribution < -0.4 is 0 Å². The zero-order valence-electron chi connectivity index (χ0n) is 11.2. The molecule has 0 radical (unpaired) electrons. The molecule has 0 fully saturated rings. The van der Waals surface area contributed by atoms with Crippen LogP contribution in [-0.2, 0) is 0 Å². The number of nitrogens with one attached hydrogen (secondary N) is 1. The van der Waals surface area contributed by atoms with E-state index in [0.29, 0.717) is 5.25 Å². The summed E-state index contributed by atoms with van der Waals surface area (Å²) in [6.07, 6.45) is 0. The second-order valence-corrected chi connectivity index (χ2v) is 5.81. The maximum atomic E-state index is 4.54. The van der Waals surface area contributed by atoms with Gasteiger partial charge < -0.3 is 0 Å². The van der Waals surface area contributed by atoms with Gasteiger partial charge in [0, 0.05) is 10.8 Å². The van der Waals surface area contributed by atoms with Gasteiger partial charge in [0.25, 0.3) is 0 Å². The summed E-state index contributed by atoms with van der Waals surface area (Å²) in [5, 5.41) is 8.39. The van der Waals surface area contributed by atoms with Gasteiger partial charge in [-0.2, -0.15) is 0 Å². The van der Waals surface area contributed by atoms with E-state index in [1.165, 1.54) is 5.56 Å². The van der Waals surface area contributed by atoms with Gasteiger partial charge in [-0.25, -0.2) is 4.98 Å². The van der Waals surface area contributed by atoms with Crippen molar-refractivity contribution in [2.45, 2.75) is 17.3 Å². The van der Waals surface area contributed by atoms with Crippen molar-refractivity contribution in [1.29, 1.82) is 0 Å². The molecule has 3 rings (SSSR count). The molecule has 0 unspecified atom stereocenters. The lowest BCUT2D eigenvalue weighted by atomic mass is 10.2. The number of aromatic nitrogens is 3. The molecule has 0 aliphatic carbocycles. The zero-order valence-corrected chi connectivity index (χ0v) is 12.0. The monoisotopic (exact) mass is 281 g/mol. The molecule has 1 N–H and O–H groups in total. The summed E-state index contributed by atoms with van der Waals surface area (Å²) in [7, 11) is 0. The fourth-order valence-electron chi connectivity index (χ4n) is 1.97. The summed E-state index contributed by atoms with van der Waals surface area (Å²) < 4.78 is 0. The van der Waals surface area contributed by atoms with E-state index in [9.17, 15) is 0 Å². The van der Waals surface area contributed by atoms with Gasteiger partial charge in [0.1, 0.15) is 0 Å². The number of aromatic amines is 1. The molecular formula is C16H15N3S. The third-order valence-corrected chi connectivity index (χ3v) is 4.08. The Morgan fingerprint density at radius 1 is 0.950 bits per heavy atom. The van der Waals surface area contributed by atoms with E-state index in [0.717, 1.165) is 16.5 Å². The van der Waals surface area contributed by atoms with Crippen LogP contribution in [0.5, 0.6) is 0 Å². The first-order valence-electron chi connectivity index (χ1n) is 6.52. The molecule has 3 nitrogen and oxygen atoms in total. The highest BCUT2D eigenvalue weighted by atomic mass is 32.2. The summed E-state index contributed by atoms with van der Waals surface area (Å²) in [5.74, 6) is 0.813. The summed E-state index contributed by atoms with van der Waals surface area (Å²) >= 11 is 1.66. The van der Waals surface area contributed by atoms with Crippen LogP contribution >= 0.6 is 11.8 Å². The Kier molecular flexibility index (Phi) is 3.83. The van der Waals surface area contributed by atoms with E-state index >= 15 is 0 Å². The van der Waals surface area contributed by atoms with E-state index < -0.39 is 0 Å². The average Bonchev–Trinajstić information content (AvgIpc) is 2.97. The minimum atomic E-state index is 0.329. The Hall–Kier alpha value is -2.07. The van der Waals surface area contributed by atoms with Crippen LogP contribution in [0.25, 0.3) is 11.4 Å². The molecule has 20 heavy (non-hydrogen) atoms. The highest BCUT2D eigenvalue weighted by Crippen LogP contribution is 2.33. The highest BCUT2D eigenvalue weighted by molar-refractivity contribution is 7.99. The second-order valence-electron chi connectivity index (χ2n) is 4.50. The lowest BCUT2D eigenvalue weighted by Gasteiger charge is -2.07. The Morgan fingerprint density at radius 3 is 2.30 bits per heavy atom. The molecule has 0 aliphatic rings. The van der Waals surface area contributed by atoms with Crippen molar-refractivity contribution in [2.24, 2.45) is 0 Å². The van der Waals surface area contributed by atoms with Crippen molar-refractivity contribution in [1.82, 2.24) is 15.2 Å². The Labute approximate surface area is 122 Å². The molecule has 0 saturated heterocycles. The van der Waals surface area contributed by atoms with Gasteiger partial charge in [-0.05, 0) is 12.5 Å². The molecule has 0 saturated carbocycles. The standard InChI is InChI=1S/C16H15N3S/c1-12(13-8-4-2-5-9-13)20-16-17-15(18-19-16)14-10-6-3-7-11-14/h2-12H,1H3,(H,17,18,19)/t12-/m1/s1. The normalized spacial score (nSPS) is 12.2. The van der Waals surface area contributed by atoms with Crippen LogP contribution in [0.1, 0.15) is 17.7 Å². The van der Waals surface area contributed by atoms with E-state index in [1.807, 2.05) is 36.4 Å². The fraction of sp³-hybridized carbons (Fsp3) is 0.125. The third kappa shape index (κ3) is 2.91. The number of H-pyrrole nitrogens is 1. The number of nitrogens with zero attached hydrogens (tertiary/aromatic N) is 2. The molecule has 2 aromatic carbocycles. The molecule has 1 atom stereocenters. The minimum Gasteiger partial charge on any atom is -0.258 e. The minimum absolute atomic E-state index is 0.329. The van der Waals surface area contributed by atoms with Crippen LogP contribution in [0.15, 0.2) is 65.8 Å². The lowest BCUT2D eigenvalue weighted by Crippen LogP contribution is -1.88. The maximum absolute atomic E-state index is 4.54. The highest BCUT2D eigenvalue weighted by Gasteiger charge is 2.11. The summed E-state index contributed by atoms with van der Waals surface area (Å²) in [5.41, 5.74) is 2.34. The van der Waals surface area contributed by atoms with Crippen LogP contribution in [-0.4, -0.2) is 15.2 Å². The third-order valence-electron chi connectivity index (χ3n) is 3.06. The van der Waals surface area contributed by atoms with E-state index in [1.54, 1.807) is 11.8 Å². The molecule has 1 aromatic heterocycles. The quantitative estimate of drug-likeness (QED) is 0.724. The maximum Gasteiger partial charge on any atom is 0.209 e. The lowest BCUT2D eigenvalue weighted by molar-refractivity contribution is 0.960. The van der Waals surface area contributed by atoms with Gasteiger partial charge in [0.2, 0.25) is 5.16 Å². The molecule has 0 bridgehead atoms. The van der Waals surface area contributed by atoms with Crippen LogP contribution in [0.4, 0.5) is 0 Å². The predicted octanol–water partition coefficient (Wildman–Crippen LogP) is 4.33. The van der Waals surface area contributed by atoms with Crippen LogP contribution in [0.2, 0.25) is 0 Å². The van der Waals surface area contributed by atoms with Crippen LogP contribution in [0.3, 0.4) is 0 Å². The van der Waals surface area contributed by atoms with Crippen molar-refractivity contribution in [3.8, 4) is 11.4 Å². The topological polar surface area (TPSA) is 41.6 Å². The Morgan fingerprint density at radius 2 is 1.60 bits per heavy atom. The second kappa shape index (κ2) is 5.92. The largest absolute Gasteiger partial charge is 0.258 e. The molecule has 3 aromatic rings. The number of hydrogen-bond acceptors (Lipinski definition) is 3. The first-order chi connectivity index (χ1) is 9.83. The van der Waals surface area contributed by atoms with Crippen molar-refractivity contribution in [3.05, 3.63) is 66.2 Å². The summed E-state index contributed by atoms with van der Waals surface area (Å²) in [6.45, 7) is 2.17. The van der Waals surface area contributed by atoms with Crippen molar-refractivity contribution in [3.63, 3.8) is 0 Å². The summed E-state index contributed by atoms with van der Waals surface area (Å²) in [4.78, 5) is 4.54. The molecule has 1 heterocycles. The molecule has 4 heteroatoms. The van der Waals surface area contributed by atoms with Crippen molar-refractivity contribution in [2.75, 3.05) is 0 Å². The molecular weight excluding hydrogens is 266 g/mol. The number of rotatable bonds is 4. The first-order valence-corrected chi connectivity index (χ1v) is 7.40. The smallest absolute Gasteiger partial charge is 0.209 e. The predicted molar refractivity (Wildman–Crippen MR) is 82.5 cm³/mol. The van der Waals surface area contributed by atoms with Gasteiger partial charge >= 0.3 is 0 Å². The van der Waals surface area contributed by atoms with Gasteiger partial charge in [-0.3, -0.25) is 5.10 Å². The summed E-state index contributed by atoms with van der Waals surface area (Å²) in [6, 6.07) is 20.4. The first kappa shape index (κ1) is 12.9. The molecule has 0 amide bonds. The van der Waals surface area contributed by atoms with Crippen LogP contribution in [0, 0.1) is 0 Å². The Bertz CT molecular complexity index is 664. The number of benzene rings is 2. The molecule has 100 valence electrons. The fourth-order valence-corrected chi connectivity index (χ4v) is 2.83. The SMILES string of the molecule is C[C@@H](Sc1n[nH]c(-c2ccccc2)n1)c1ccccc1. The number of thioether (sulfide) groups is 1. The van der Waals surface area contributed by atoms with Crippen molar-refractivity contribution >= 4 is 11.8 Å². The van der Waals surface area contributed by atoms with Gasteiger partial charge in [0.05, 0.1) is 0 Å². The van der Waals surface area contributed by atoms with Gasteiger partial charge in [-0.15, -0.1) is 5.10 Å². The van der Waals surface area contributed by atoms with Crippen molar-refractivity contribution < 1.29 is 0 Å².